The van der Waals surface area contributed by atoms with E-state index >= 15 is 0 Å². The Hall–Kier alpha value is -1.63. The number of nitrogens with zero attached hydrogens (tertiary/aromatic N) is 3. The van der Waals surface area contributed by atoms with Gasteiger partial charge in [0.2, 0.25) is 11.8 Å². The summed E-state index contributed by atoms with van der Waals surface area (Å²) in [6, 6.07) is -0.0919. The van der Waals surface area contributed by atoms with Gasteiger partial charge in [-0.2, -0.15) is 0 Å². The lowest BCUT2D eigenvalue weighted by atomic mass is 10.0. The fourth-order valence-corrected chi connectivity index (χ4v) is 3.06. The Bertz CT molecular complexity index is 438. The van der Waals surface area contributed by atoms with E-state index in [4.69, 9.17) is 0 Å². The second-order valence-electron chi connectivity index (χ2n) is 6.02. The number of amides is 4. The molecule has 2 rings (SSSR count). The summed E-state index contributed by atoms with van der Waals surface area (Å²) in [5.74, 6) is 0.159. The molecule has 2 aliphatic rings. The van der Waals surface area contributed by atoms with E-state index in [1.165, 1.54) is 4.90 Å². The third-order valence-electron chi connectivity index (χ3n) is 4.42. The molecule has 0 saturated carbocycles. The van der Waals surface area contributed by atoms with Crippen LogP contribution in [0.15, 0.2) is 0 Å². The van der Waals surface area contributed by atoms with Crippen molar-refractivity contribution in [1.82, 2.24) is 20.0 Å². The molecule has 0 aromatic rings. The maximum atomic E-state index is 12.4. The Balaban J connectivity index is 1.92. The summed E-state index contributed by atoms with van der Waals surface area (Å²) in [6.45, 7) is 3.96. The minimum atomic E-state index is -0.463. The van der Waals surface area contributed by atoms with Gasteiger partial charge in [0, 0.05) is 32.1 Å². The predicted molar refractivity (Wildman–Crippen MR) is 77.6 cm³/mol. The first kappa shape index (κ1) is 15.8. The second kappa shape index (κ2) is 6.43. The van der Waals surface area contributed by atoms with E-state index in [1.54, 1.807) is 0 Å². The van der Waals surface area contributed by atoms with Crippen molar-refractivity contribution in [1.29, 1.82) is 0 Å². The summed E-state index contributed by atoms with van der Waals surface area (Å²) in [5.41, 5.74) is 0. The number of hydrogen-bond acceptors (Lipinski definition) is 4. The molecule has 118 valence electrons. The van der Waals surface area contributed by atoms with Gasteiger partial charge in [-0.1, -0.05) is 13.3 Å². The van der Waals surface area contributed by atoms with Crippen molar-refractivity contribution in [2.24, 2.45) is 5.92 Å². The Morgan fingerprint density at radius 3 is 2.57 bits per heavy atom. The molecule has 0 aliphatic carbocycles. The van der Waals surface area contributed by atoms with Crippen LogP contribution in [0, 0.1) is 5.92 Å². The third kappa shape index (κ3) is 3.53. The number of carbonyl (C=O) groups is 3. The van der Waals surface area contributed by atoms with Gasteiger partial charge in [-0.05, 0) is 20.0 Å². The molecule has 0 aromatic carbocycles. The molecule has 21 heavy (non-hydrogen) atoms. The number of rotatable bonds is 4. The lowest BCUT2D eigenvalue weighted by Gasteiger charge is -2.28. The van der Waals surface area contributed by atoms with Gasteiger partial charge < -0.3 is 14.7 Å². The first-order valence-electron chi connectivity index (χ1n) is 7.45. The number of urea groups is 1. The normalized spacial score (nSPS) is 26.5. The monoisotopic (exact) mass is 296 g/mol. The summed E-state index contributed by atoms with van der Waals surface area (Å²) < 4.78 is 0. The van der Waals surface area contributed by atoms with Gasteiger partial charge in [0.1, 0.15) is 6.54 Å². The highest BCUT2D eigenvalue weighted by molar-refractivity contribution is 5.98. The molecule has 0 spiro atoms. The van der Waals surface area contributed by atoms with Crippen molar-refractivity contribution in [2.45, 2.75) is 25.8 Å². The van der Waals surface area contributed by atoms with Crippen LogP contribution in [0.3, 0.4) is 0 Å². The zero-order valence-electron chi connectivity index (χ0n) is 13.0. The van der Waals surface area contributed by atoms with Gasteiger partial charge in [-0.3, -0.25) is 14.9 Å². The number of hydrogen-bond donors (Lipinski definition) is 1. The van der Waals surface area contributed by atoms with Crippen molar-refractivity contribution >= 4 is 17.8 Å². The van der Waals surface area contributed by atoms with Crippen LogP contribution in [0.4, 0.5) is 4.79 Å². The van der Waals surface area contributed by atoms with Crippen molar-refractivity contribution in [2.75, 3.05) is 40.3 Å². The smallest absolute Gasteiger partial charge is 0.324 e. The van der Waals surface area contributed by atoms with Crippen molar-refractivity contribution in [3.8, 4) is 0 Å². The average molecular weight is 296 g/mol. The highest BCUT2D eigenvalue weighted by Gasteiger charge is 2.36. The van der Waals surface area contributed by atoms with E-state index in [1.807, 2.05) is 19.0 Å². The van der Waals surface area contributed by atoms with Gasteiger partial charge in [0.25, 0.3) is 0 Å². The van der Waals surface area contributed by atoms with Crippen LogP contribution >= 0.6 is 0 Å². The maximum absolute atomic E-state index is 12.4. The van der Waals surface area contributed by atoms with E-state index < -0.39 is 6.03 Å². The first-order valence-corrected chi connectivity index (χ1v) is 7.45. The molecule has 2 saturated heterocycles. The molecule has 7 nitrogen and oxygen atoms in total. The highest BCUT2D eigenvalue weighted by Crippen LogP contribution is 2.23. The Morgan fingerprint density at radius 2 is 2.05 bits per heavy atom. The lowest BCUT2D eigenvalue weighted by molar-refractivity contribution is -0.132. The number of nitrogens with one attached hydrogen (secondary N) is 1. The van der Waals surface area contributed by atoms with Crippen molar-refractivity contribution in [3.63, 3.8) is 0 Å². The molecule has 2 atom stereocenters. The molecule has 0 radical (unpaired) electrons. The van der Waals surface area contributed by atoms with Gasteiger partial charge in [-0.15, -0.1) is 0 Å². The lowest BCUT2D eigenvalue weighted by Crippen LogP contribution is -2.52. The summed E-state index contributed by atoms with van der Waals surface area (Å²) in [6.07, 6.45) is 1.29. The molecule has 2 fully saturated rings. The second-order valence-corrected chi connectivity index (χ2v) is 6.02. The summed E-state index contributed by atoms with van der Waals surface area (Å²) in [5, 5.41) is 2.24. The molecule has 0 aromatic heterocycles. The van der Waals surface area contributed by atoms with Crippen LogP contribution in [-0.4, -0.2) is 78.9 Å². The van der Waals surface area contributed by atoms with Crippen LogP contribution in [-0.2, 0) is 9.59 Å². The number of likely N-dealkylation sites (N-methyl/N-ethyl adjacent to an activating group) is 1. The number of imide groups is 1. The summed E-state index contributed by atoms with van der Waals surface area (Å²) in [4.78, 5) is 40.5. The van der Waals surface area contributed by atoms with E-state index in [2.05, 4.69) is 17.1 Å². The van der Waals surface area contributed by atoms with E-state index in [9.17, 15) is 14.4 Å². The van der Waals surface area contributed by atoms with Gasteiger partial charge in [0.05, 0.1) is 0 Å². The molecule has 4 amide bonds. The summed E-state index contributed by atoms with van der Waals surface area (Å²) >= 11 is 0. The van der Waals surface area contributed by atoms with Gasteiger partial charge in [-0.25, -0.2) is 4.79 Å². The first-order chi connectivity index (χ1) is 9.92. The number of carbonyl (C=O) groups excluding carboxylic acids is 3. The van der Waals surface area contributed by atoms with E-state index in [-0.39, 0.29) is 24.8 Å². The predicted octanol–water partition coefficient (Wildman–Crippen LogP) is -0.273. The molecule has 0 bridgehead atoms. The highest BCUT2D eigenvalue weighted by atomic mass is 16.2. The maximum Gasteiger partial charge on any atom is 0.324 e. The Labute approximate surface area is 125 Å². The fourth-order valence-electron chi connectivity index (χ4n) is 3.06. The molecule has 7 heteroatoms. The zero-order chi connectivity index (χ0) is 15.6. The average Bonchev–Trinajstić information content (AvgIpc) is 2.86. The minimum Gasteiger partial charge on any atom is -0.339 e. The van der Waals surface area contributed by atoms with Crippen LogP contribution in [0.25, 0.3) is 0 Å². The van der Waals surface area contributed by atoms with Gasteiger partial charge in [0.15, 0.2) is 0 Å². The Morgan fingerprint density at radius 1 is 1.33 bits per heavy atom. The van der Waals surface area contributed by atoms with E-state index in [0.717, 1.165) is 13.0 Å². The van der Waals surface area contributed by atoms with Crippen molar-refractivity contribution in [3.05, 3.63) is 0 Å². The molecule has 2 heterocycles. The molecule has 0 unspecified atom stereocenters. The molecule has 2 aliphatic heterocycles. The SMILES string of the molecule is CC[C@H]1CN(C(=O)CN2CCC(=O)NC2=O)C[C@@H]1N(C)C. The standard InChI is InChI=1S/C14H24N4O3/c1-4-10-7-18(8-11(10)16(2)3)13(20)9-17-6-5-12(19)15-14(17)21/h10-11H,4-9H2,1-3H3,(H,15,19,21)/t10-,11-/m0/s1. The van der Waals surface area contributed by atoms with E-state index in [0.29, 0.717) is 25.0 Å². The minimum absolute atomic E-state index is 0.0395. The van der Waals surface area contributed by atoms with Crippen LogP contribution in [0.2, 0.25) is 0 Å². The molecular weight excluding hydrogens is 272 g/mol. The molecule has 1 N–H and O–H groups in total. The molecular formula is C14H24N4O3. The van der Waals surface area contributed by atoms with Crippen LogP contribution < -0.4 is 5.32 Å². The number of likely N-dealkylation sites (tertiary alicyclic amines) is 1. The Kier molecular flexibility index (Phi) is 4.82. The largest absolute Gasteiger partial charge is 0.339 e. The quantitative estimate of drug-likeness (QED) is 0.775. The van der Waals surface area contributed by atoms with Crippen LogP contribution in [0.1, 0.15) is 19.8 Å². The van der Waals surface area contributed by atoms with Gasteiger partial charge >= 0.3 is 6.03 Å². The topological polar surface area (TPSA) is 73.0 Å². The third-order valence-corrected chi connectivity index (χ3v) is 4.42. The van der Waals surface area contributed by atoms with Crippen molar-refractivity contribution < 1.29 is 14.4 Å². The van der Waals surface area contributed by atoms with Crippen LogP contribution in [0.5, 0.6) is 0 Å². The fraction of sp³-hybridized carbons (Fsp3) is 0.786. The zero-order valence-corrected chi connectivity index (χ0v) is 13.0. The summed E-state index contributed by atoms with van der Waals surface area (Å²) in [7, 11) is 4.07.